The molecule has 2 aromatic rings. The molecule has 1 fully saturated rings. The van der Waals surface area contributed by atoms with E-state index in [2.05, 4.69) is 16.3 Å². The maximum atomic E-state index is 12.7. The molecule has 7 nitrogen and oxygen atoms in total. The molecule has 0 saturated carbocycles. The molecule has 0 aliphatic carbocycles. The first-order valence-corrected chi connectivity index (χ1v) is 9.74. The summed E-state index contributed by atoms with van der Waals surface area (Å²) in [5.41, 5.74) is 3.96. The molecule has 29 heavy (non-hydrogen) atoms. The number of hydrogen-bond donors (Lipinski definition) is 1. The maximum Gasteiger partial charge on any atom is 0.228 e. The number of nitrogens with one attached hydrogen (secondary N) is 1. The van der Waals surface area contributed by atoms with Crippen LogP contribution in [0.3, 0.4) is 0 Å². The van der Waals surface area contributed by atoms with Gasteiger partial charge in [0.15, 0.2) is 11.5 Å². The average Bonchev–Trinajstić information content (AvgIpc) is 3.12. The van der Waals surface area contributed by atoms with E-state index in [1.807, 2.05) is 35.2 Å². The van der Waals surface area contributed by atoms with Gasteiger partial charge in [0.05, 0.1) is 27.1 Å². The van der Waals surface area contributed by atoms with Crippen molar-refractivity contribution in [3.63, 3.8) is 0 Å². The van der Waals surface area contributed by atoms with E-state index >= 15 is 0 Å². The standard InChI is InChI=1S/C22H25N3O4/c1-28-19-6-3-15(11-20(19)29-2)12-22(27)25-9-7-24(8-10-25)17-4-5-18-16(13-17)14-21(26)23-18/h3-6,11,13H,7-10,12,14H2,1-2H3,(H,23,26). The van der Waals surface area contributed by atoms with Gasteiger partial charge in [-0.15, -0.1) is 0 Å². The van der Waals surface area contributed by atoms with Gasteiger partial charge in [-0.25, -0.2) is 0 Å². The van der Waals surface area contributed by atoms with Gasteiger partial charge in [0.1, 0.15) is 0 Å². The number of amides is 2. The maximum absolute atomic E-state index is 12.7. The monoisotopic (exact) mass is 395 g/mol. The molecule has 2 amide bonds. The predicted octanol–water partition coefficient (Wildman–Crippen LogP) is 2.09. The molecule has 2 aromatic carbocycles. The molecule has 0 bridgehead atoms. The third-order valence-electron chi connectivity index (χ3n) is 5.51. The normalized spacial score (nSPS) is 15.7. The molecule has 4 rings (SSSR count). The molecule has 1 N–H and O–H groups in total. The van der Waals surface area contributed by atoms with Crippen molar-refractivity contribution in [3.05, 3.63) is 47.5 Å². The fourth-order valence-electron chi connectivity index (χ4n) is 3.90. The van der Waals surface area contributed by atoms with Crippen LogP contribution in [0.5, 0.6) is 11.5 Å². The first kappa shape index (κ1) is 19.1. The number of piperazine rings is 1. The van der Waals surface area contributed by atoms with Crippen LogP contribution in [0.25, 0.3) is 0 Å². The second kappa shape index (κ2) is 8.03. The van der Waals surface area contributed by atoms with Gasteiger partial charge in [-0.3, -0.25) is 9.59 Å². The van der Waals surface area contributed by atoms with Crippen LogP contribution in [-0.4, -0.2) is 57.1 Å². The third kappa shape index (κ3) is 3.99. The van der Waals surface area contributed by atoms with Crippen molar-refractivity contribution in [2.24, 2.45) is 0 Å². The Labute approximate surface area is 170 Å². The zero-order valence-electron chi connectivity index (χ0n) is 16.7. The largest absolute Gasteiger partial charge is 0.493 e. The number of benzene rings is 2. The first-order chi connectivity index (χ1) is 14.1. The Bertz CT molecular complexity index is 936. The van der Waals surface area contributed by atoms with Crippen LogP contribution in [0, 0.1) is 0 Å². The highest BCUT2D eigenvalue weighted by atomic mass is 16.5. The molecule has 2 heterocycles. The lowest BCUT2D eigenvalue weighted by atomic mass is 10.1. The summed E-state index contributed by atoms with van der Waals surface area (Å²) < 4.78 is 10.6. The van der Waals surface area contributed by atoms with Crippen molar-refractivity contribution < 1.29 is 19.1 Å². The number of fused-ring (bicyclic) bond motifs is 1. The van der Waals surface area contributed by atoms with E-state index in [-0.39, 0.29) is 11.8 Å². The van der Waals surface area contributed by atoms with Gasteiger partial charge in [0.25, 0.3) is 0 Å². The molecular formula is C22H25N3O4. The van der Waals surface area contributed by atoms with Gasteiger partial charge in [-0.05, 0) is 41.5 Å². The van der Waals surface area contributed by atoms with Crippen molar-refractivity contribution in [2.45, 2.75) is 12.8 Å². The summed E-state index contributed by atoms with van der Waals surface area (Å²) in [5, 5.41) is 2.86. The summed E-state index contributed by atoms with van der Waals surface area (Å²) in [5.74, 6) is 1.44. The van der Waals surface area contributed by atoms with Crippen molar-refractivity contribution >= 4 is 23.2 Å². The molecule has 0 unspecified atom stereocenters. The number of hydrogen-bond acceptors (Lipinski definition) is 5. The molecule has 0 spiro atoms. The quantitative estimate of drug-likeness (QED) is 0.840. The molecule has 2 aliphatic rings. The third-order valence-corrected chi connectivity index (χ3v) is 5.51. The van der Waals surface area contributed by atoms with Crippen molar-refractivity contribution in [1.82, 2.24) is 4.90 Å². The van der Waals surface area contributed by atoms with E-state index < -0.39 is 0 Å². The molecule has 0 atom stereocenters. The predicted molar refractivity (Wildman–Crippen MR) is 111 cm³/mol. The highest BCUT2D eigenvalue weighted by Crippen LogP contribution is 2.29. The van der Waals surface area contributed by atoms with Crippen molar-refractivity contribution in [3.8, 4) is 11.5 Å². The smallest absolute Gasteiger partial charge is 0.228 e. The Kier molecular flexibility index (Phi) is 5.29. The zero-order chi connectivity index (χ0) is 20.4. The lowest BCUT2D eigenvalue weighted by Gasteiger charge is -2.36. The van der Waals surface area contributed by atoms with Crippen LogP contribution in [0.4, 0.5) is 11.4 Å². The number of rotatable bonds is 5. The van der Waals surface area contributed by atoms with Crippen molar-refractivity contribution in [1.29, 1.82) is 0 Å². The molecule has 0 radical (unpaired) electrons. The van der Waals surface area contributed by atoms with E-state index in [0.717, 1.165) is 35.6 Å². The van der Waals surface area contributed by atoms with Crippen LogP contribution in [0.2, 0.25) is 0 Å². The molecule has 152 valence electrons. The fourth-order valence-corrected chi connectivity index (χ4v) is 3.90. The van der Waals surface area contributed by atoms with Crippen LogP contribution in [0.1, 0.15) is 11.1 Å². The number of nitrogens with zero attached hydrogens (tertiary/aromatic N) is 2. The lowest BCUT2D eigenvalue weighted by molar-refractivity contribution is -0.130. The molecule has 0 aromatic heterocycles. The van der Waals surface area contributed by atoms with Crippen LogP contribution < -0.4 is 19.7 Å². The average molecular weight is 395 g/mol. The lowest BCUT2D eigenvalue weighted by Crippen LogP contribution is -2.49. The number of carbonyl (C=O) groups excluding carboxylic acids is 2. The molecule has 1 saturated heterocycles. The number of ether oxygens (including phenoxy) is 2. The minimum absolute atomic E-state index is 0.0442. The summed E-state index contributed by atoms with van der Waals surface area (Å²) in [6, 6.07) is 11.7. The van der Waals surface area contributed by atoms with Crippen LogP contribution in [0.15, 0.2) is 36.4 Å². The topological polar surface area (TPSA) is 71.1 Å². The van der Waals surface area contributed by atoms with Gasteiger partial charge < -0.3 is 24.6 Å². The SMILES string of the molecule is COc1ccc(CC(=O)N2CCN(c3ccc4c(c3)CC(=O)N4)CC2)cc1OC. The summed E-state index contributed by atoms with van der Waals surface area (Å²) in [7, 11) is 3.19. The van der Waals surface area contributed by atoms with Gasteiger partial charge in [0.2, 0.25) is 11.8 Å². The number of methoxy groups -OCH3 is 2. The highest BCUT2D eigenvalue weighted by molar-refractivity contribution is 5.99. The van der Waals surface area contributed by atoms with E-state index in [1.165, 1.54) is 0 Å². The van der Waals surface area contributed by atoms with Crippen molar-refractivity contribution in [2.75, 3.05) is 50.6 Å². The Morgan fingerprint density at radius 2 is 1.76 bits per heavy atom. The van der Waals surface area contributed by atoms with E-state index in [1.54, 1.807) is 14.2 Å². The summed E-state index contributed by atoms with van der Waals surface area (Å²) in [6.45, 7) is 2.91. The van der Waals surface area contributed by atoms with Gasteiger partial charge >= 0.3 is 0 Å². The van der Waals surface area contributed by atoms with E-state index in [4.69, 9.17) is 9.47 Å². The summed E-state index contributed by atoms with van der Waals surface area (Å²) in [6.07, 6.45) is 0.778. The second-order valence-corrected chi connectivity index (χ2v) is 7.30. The van der Waals surface area contributed by atoms with Gasteiger partial charge in [0, 0.05) is 37.6 Å². The Hall–Kier alpha value is -3.22. The summed E-state index contributed by atoms with van der Waals surface area (Å²) in [4.78, 5) is 28.5. The molecular weight excluding hydrogens is 370 g/mol. The molecule has 7 heteroatoms. The minimum atomic E-state index is 0.0442. The zero-order valence-corrected chi connectivity index (χ0v) is 16.7. The Balaban J connectivity index is 1.35. The Morgan fingerprint density at radius 3 is 2.48 bits per heavy atom. The van der Waals surface area contributed by atoms with Crippen LogP contribution >= 0.6 is 0 Å². The van der Waals surface area contributed by atoms with E-state index in [9.17, 15) is 9.59 Å². The summed E-state index contributed by atoms with van der Waals surface area (Å²) >= 11 is 0. The minimum Gasteiger partial charge on any atom is -0.493 e. The van der Waals surface area contributed by atoms with Crippen LogP contribution in [-0.2, 0) is 22.4 Å². The van der Waals surface area contributed by atoms with E-state index in [0.29, 0.717) is 37.4 Å². The number of anilines is 2. The highest BCUT2D eigenvalue weighted by Gasteiger charge is 2.24. The molecule has 2 aliphatic heterocycles. The second-order valence-electron chi connectivity index (χ2n) is 7.30. The number of carbonyl (C=O) groups is 2. The first-order valence-electron chi connectivity index (χ1n) is 9.74. The van der Waals surface area contributed by atoms with Gasteiger partial charge in [-0.2, -0.15) is 0 Å². The Morgan fingerprint density at radius 1 is 1.00 bits per heavy atom. The van der Waals surface area contributed by atoms with Gasteiger partial charge in [-0.1, -0.05) is 6.07 Å². The fraction of sp³-hybridized carbons (Fsp3) is 0.364.